The van der Waals surface area contributed by atoms with Crippen LogP contribution in [0.5, 0.6) is 5.75 Å². The van der Waals surface area contributed by atoms with Gasteiger partial charge in [-0.1, -0.05) is 29.3 Å². The molecule has 25 heavy (non-hydrogen) atoms. The first-order valence-corrected chi connectivity index (χ1v) is 8.19. The lowest BCUT2D eigenvalue weighted by Crippen LogP contribution is -2.41. The van der Waals surface area contributed by atoms with Crippen molar-refractivity contribution in [3.8, 4) is 5.75 Å². The molecule has 0 unspecified atom stereocenters. The molecule has 0 spiro atoms. The van der Waals surface area contributed by atoms with Gasteiger partial charge >= 0.3 is 5.97 Å². The van der Waals surface area contributed by atoms with E-state index in [0.717, 1.165) is 0 Å². The van der Waals surface area contributed by atoms with Gasteiger partial charge in [0.2, 0.25) is 0 Å². The van der Waals surface area contributed by atoms with Gasteiger partial charge < -0.3 is 14.8 Å². The third kappa shape index (κ3) is 5.96. The summed E-state index contributed by atoms with van der Waals surface area (Å²) in [7, 11) is 0. The number of nitrogens with one attached hydrogen (secondary N) is 1. The molecule has 0 saturated carbocycles. The van der Waals surface area contributed by atoms with Crippen LogP contribution in [0.15, 0.2) is 48.5 Å². The monoisotopic (exact) mass is 381 g/mol. The van der Waals surface area contributed by atoms with Crippen LogP contribution < -0.4 is 10.1 Å². The van der Waals surface area contributed by atoms with Crippen molar-refractivity contribution in [3.05, 3.63) is 58.6 Å². The molecule has 132 valence electrons. The SMILES string of the molecule is CC(C)(Oc1ccc(Cl)cc1)C(=O)OCC(=O)Nc1cccc(Cl)c1. The number of ether oxygens (including phenoxy) is 2. The van der Waals surface area contributed by atoms with E-state index in [2.05, 4.69) is 5.32 Å². The third-order valence-electron chi connectivity index (χ3n) is 3.12. The molecule has 2 aromatic carbocycles. The summed E-state index contributed by atoms with van der Waals surface area (Å²) in [6.45, 7) is 2.68. The van der Waals surface area contributed by atoms with Crippen LogP contribution in [0, 0.1) is 0 Å². The molecule has 1 amide bonds. The van der Waals surface area contributed by atoms with E-state index in [1.54, 1.807) is 62.4 Å². The van der Waals surface area contributed by atoms with Gasteiger partial charge in [0.05, 0.1) is 0 Å². The van der Waals surface area contributed by atoms with Crippen LogP contribution in [0.4, 0.5) is 5.69 Å². The van der Waals surface area contributed by atoms with Crippen LogP contribution >= 0.6 is 23.2 Å². The highest BCUT2D eigenvalue weighted by atomic mass is 35.5. The van der Waals surface area contributed by atoms with Crippen LogP contribution in [0.2, 0.25) is 10.0 Å². The van der Waals surface area contributed by atoms with Gasteiger partial charge in [0, 0.05) is 15.7 Å². The number of esters is 1. The van der Waals surface area contributed by atoms with Gasteiger partial charge in [-0.05, 0) is 56.3 Å². The number of benzene rings is 2. The summed E-state index contributed by atoms with van der Waals surface area (Å²) < 4.78 is 10.6. The van der Waals surface area contributed by atoms with E-state index in [1.807, 2.05) is 0 Å². The van der Waals surface area contributed by atoms with Gasteiger partial charge in [0.25, 0.3) is 5.91 Å². The van der Waals surface area contributed by atoms with Gasteiger partial charge in [-0.3, -0.25) is 4.79 Å². The Hall–Kier alpha value is -2.24. The molecule has 0 aliphatic heterocycles. The average Bonchev–Trinajstić information content (AvgIpc) is 2.54. The molecule has 0 saturated heterocycles. The fourth-order valence-corrected chi connectivity index (χ4v) is 2.22. The van der Waals surface area contributed by atoms with Crippen molar-refractivity contribution in [3.63, 3.8) is 0 Å². The average molecular weight is 382 g/mol. The Labute approximate surface area is 155 Å². The molecule has 5 nitrogen and oxygen atoms in total. The molecule has 1 N–H and O–H groups in total. The van der Waals surface area contributed by atoms with Gasteiger partial charge in [0.1, 0.15) is 5.75 Å². The van der Waals surface area contributed by atoms with Gasteiger partial charge in [-0.25, -0.2) is 4.79 Å². The summed E-state index contributed by atoms with van der Waals surface area (Å²) in [6, 6.07) is 13.2. The summed E-state index contributed by atoms with van der Waals surface area (Å²) in [5, 5.41) is 3.64. The van der Waals surface area contributed by atoms with Crippen molar-refractivity contribution in [2.24, 2.45) is 0 Å². The van der Waals surface area contributed by atoms with E-state index in [9.17, 15) is 9.59 Å². The number of hydrogen-bond donors (Lipinski definition) is 1. The Kier molecular flexibility index (Phi) is 6.28. The van der Waals surface area contributed by atoms with Crippen LogP contribution in [-0.4, -0.2) is 24.1 Å². The third-order valence-corrected chi connectivity index (χ3v) is 3.61. The molecule has 0 aromatic heterocycles. The predicted octanol–water partition coefficient (Wildman–Crippen LogP) is 4.33. The molecule has 0 radical (unpaired) electrons. The van der Waals surface area contributed by atoms with Crippen molar-refractivity contribution < 1.29 is 19.1 Å². The second-order valence-electron chi connectivity index (χ2n) is 5.70. The summed E-state index contributed by atoms with van der Waals surface area (Å²) in [4.78, 5) is 24.0. The van der Waals surface area contributed by atoms with Crippen molar-refractivity contribution in [2.45, 2.75) is 19.4 Å². The molecule has 0 atom stereocenters. The number of hydrogen-bond acceptors (Lipinski definition) is 4. The molecular weight excluding hydrogens is 365 g/mol. The zero-order valence-corrected chi connectivity index (χ0v) is 15.2. The first-order chi connectivity index (χ1) is 11.8. The maximum absolute atomic E-state index is 12.2. The van der Waals surface area contributed by atoms with E-state index in [1.165, 1.54) is 0 Å². The maximum atomic E-state index is 12.2. The lowest BCUT2D eigenvalue weighted by Gasteiger charge is -2.24. The zero-order valence-electron chi connectivity index (χ0n) is 13.7. The number of halogens is 2. The van der Waals surface area contributed by atoms with Crippen LogP contribution in [0.1, 0.15) is 13.8 Å². The zero-order chi connectivity index (χ0) is 18.4. The minimum Gasteiger partial charge on any atom is -0.476 e. The number of carbonyl (C=O) groups is 2. The Bertz CT molecular complexity index is 760. The summed E-state index contributed by atoms with van der Waals surface area (Å²) in [5.41, 5.74) is -0.741. The predicted molar refractivity (Wildman–Crippen MR) is 97.2 cm³/mol. The van der Waals surface area contributed by atoms with Gasteiger partial charge in [-0.15, -0.1) is 0 Å². The Morgan fingerprint density at radius 3 is 2.36 bits per heavy atom. The molecular formula is C18H17Cl2NO4. The van der Waals surface area contributed by atoms with Crippen molar-refractivity contribution in [1.29, 1.82) is 0 Å². The second-order valence-corrected chi connectivity index (χ2v) is 6.57. The topological polar surface area (TPSA) is 64.6 Å². The number of amides is 1. The Morgan fingerprint density at radius 1 is 1.04 bits per heavy atom. The second kappa shape index (κ2) is 8.23. The minimum absolute atomic E-state index is 0.432. The van der Waals surface area contributed by atoms with Gasteiger partial charge in [-0.2, -0.15) is 0 Å². The fraction of sp³-hybridized carbons (Fsp3) is 0.222. The van der Waals surface area contributed by atoms with E-state index in [4.69, 9.17) is 32.7 Å². The Balaban J connectivity index is 1.87. The molecule has 0 aliphatic carbocycles. The highest BCUT2D eigenvalue weighted by molar-refractivity contribution is 6.31. The highest BCUT2D eigenvalue weighted by Crippen LogP contribution is 2.22. The molecule has 7 heteroatoms. The smallest absolute Gasteiger partial charge is 0.350 e. The first kappa shape index (κ1) is 19.1. The van der Waals surface area contributed by atoms with Crippen molar-refractivity contribution >= 4 is 40.8 Å². The Morgan fingerprint density at radius 2 is 1.72 bits per heavy atom. The minimum atomic E-state index is -1.26. The van der Waals surface area contributed by atoms with Crippen LogP contribution in [0.25, 0.3) is 0 Å². The lowest BCUT2D eigenvalue weighted by atomic mass is 10.1. The lowest BCUT2D eigenvalue weighted by molar-refractivity contribution is -0.161. The van der Waals surface area contributed by atoms with E-state index >= 15 is 0 Å². The van der Waals surface area contributed by atoms with E-state index in [-0.39, 0.29) is 0 Å². The molecule has 0 heterocycles. The maximum Gasteiger partial charge on any atom is 0.350 e. The van der Waals surface area contributed by atoms with Crippen LogP contribution in [0.3, 0.4) is 0 Å². The summed E-state index contributed by atoms with van der Waals surface area (Å²) >= 11 is 11.6. The standard InChI is InChI=1S/C18H17Cl2NO4/c1-18(2,25-15-8-6-12(19)7-9-15)17(23)24-11-16(22)21-14-5-3-4-13(20)10-14/h3-10H,11H2,1-2H3,(H,21,22). The fourth-order valence-electron chi connectivity index (χ4n) is 1.91. The van der Waals surface area contributed by atoms with Gasteiger partial charge in [0.15, 0.2) is 12.2 Å². The quantitative estimate of drug-likeness (QED) is 0.756. The molecule has 2 aromatic rings. The number of carbonyl (C=O) groups excluding carboxylic acids is 2. The molecule has 0 bridgehead atoms. The molecule has 0 aliphatic rings. The first-order valence-electron chi connectivity index (χ1n) is 7.43. The van der Waals surface area contributed by atoms with E-state index < -0.39 is 24.1 Å². The summed E-state index contributed by atoms with van der Waals surface area (Å²) in [5.74, 6) is -0.670. The number of anilines is 1. The van der Waals surface area contributed by atoms with Crippen LogP contribution in [-0.2, 0) is 14.3 Å². The molecule has 0 fully saturated rings. The number of rotatable bonds is 6. The van der Waals surface area contributed by atoms with Crippen molar-refractivity contribution in [2.75, 3.05) is 11.9 Å². The highest BCUT2D eigenvalue weighted by Gasteiger charge is 2.32. The normalized spacial score (nSPS) is 10.9. The summed E-state index contributed by atoms with van der Waals surface area (Å²) in [6.07, 6.45) is 0. The molecule has 2 rings (SSSR count). The van der Waals surface area contributed by atoms with Crippen molar-refractivity contribution in [1.82, 2.24) is 0 Å². The largest absolute Gasteiger partial charge is 0.476 e. The van der Waals surface area contributed by atoms with E-state index in [0.29, 0.717) is 21.5 Å².